The van der Waals surface area contributed by atoms with Crippen molar-refractivity contribution in [2.24, 2.45) is 5.73 Å². The van der Waals surface area contributed by atoms with Gasteiger partial charge in [-0.05, 0) is 44.5 Å². The first-order valence-electron chi connectivity index (χ1n) is 4.92. The molecule has 0 aromatic carbocycles. The summed E-state index contributed by atoms with van der Waals surface area (Å²) in [4.78, 5) is 24.5. The summed E-state index contributed by atoms with van der Waals surface area (Å²) in [6.45, 7) is 2.79. The summed E-state index contributed by atoms with van der Waals surface area (Å²) in [5.74, 6) is -0.452. The molecule has 94 valence electrons. The van der Waals surface area contributed by atoms with Crippen LogP contribution in [-0.4, -0.2) is 36.2 Å². The number of ketones is 1. The summed E-state index contributed by atoms with van der Waals surface area (Å²) in [5, 5.41) is 0. The van der Waals surface area contributed by atoms with Crippen LogP contribution in [0.4, 0.5) is 0 Å². The molecule has 0 spiro atoms. The summed E-state index contributed by atoms with van der Waals surface area (Å²) in [7, 11) is 0. The summed E-state index contributed by atoms with van der Waals surface area (Å²) in [6.07, 6.45) is 0. The van der Waals surface area contributed by atoms with Crippen molar-refractivity contribution in [3.8, 4) is 0 Å². The van der Waals surface area contributed by atoms with Crippen molar-refractivity contribution < 1.29 is 9.59 Å². The highest BCUT2D eigenvalue weighted by atomic mass is 79.9. The van der Waals surface area contributed by atoms with E-state index in [-0.39, 0.29) is 18.9 Å². The molecule has 1 aromatic rings. The van der Waals surface area contributed by atoms with E-state index in [0.29, 0.717) is 12.1 Å². The number of likely N-dealkylation sites (N-methyl/N-ethyl adjacent to an activating group) is 1. The minimum absolute atomic E-state index is 0.0260. The first kappa shape index (κ1) is 14.8. The molecule has 0 unspecified atom stereocenters. The molecule has 2 N–H and O–H groups in total. The van der Waals surface area contributed by atoms with Crippen molar-refractivity contribution in [2.45, 2.75) is 6.92 Å². The maximum atomic E-state index is 12.0. The number of carbonyl (C=O) groups excluding carboxylic acids is 2. The Kier molecular flexibility index (Phi) is 5.78. The Labute approximate surface area is 120 Å². The zero-order chi connectivity index (χ0) is 13.0. The number of Topliss-reactive ketones (excluding diaryl/α,β-unsaturated/α-hetero) is 1. The van der Waals surface area contributed by atoms with E-state index in [0.717, 1.165) is 7.57 Å². The molecule has 7 heteroatoms. The van der Waals surface area contributed by atoms with Crippen molar-refractivity contribution in [3.63, 3.8) is 0 Å². The largest absolute Gasteiger partial charge is 0.369 e. The number of hydrogen-bond acceptors (Lipinski definition) is 4. The van der Waals surface area contributed by atoms with Gasteiger partial charge < -0.3 is 5.73 Å². The van der Waals surface area contributed by atoms with Crippen molar-refractivity contribution in [1.82, 2.24) is 4.90 Å². The predicted octanol–water partition coefficient (Wildman–Crippen LogP) is 2.26. The molecule has 0 aliphatic carbocycles. The normalized spacial score (nSPS) is 10.8. The van der Waals surface area contributed by atoms with E-state index in [1.165, 1.54) is 11.3 Å². The van der Waals surface area contributed by atoms with Crippen LogP contribution in [0, 0.1) is 0 Å². The van der Waals surface area contributed by atoms with E-state index in [2.05, 4.69) is 31.9 Å². The minimum atomic E-state index is -0.426. The van der Waals surface area contributed by atoms with Gasteiger partial charge >= 0.3 is 0 Å². The van der Waals surface area contributed by atoms with Crippen LogP contribution in [0.5, 0.6) is 0 Å². The maximum absolute atomic E-state index is 12.0. The van der Waals surface area contributed by atoms with Gasteiger partial charge in [-0.25, -0.2) is 0 Å². The Morgan fingerprint density at radius 3 is 2.47 bits per heavy atom. The average molecular weight is 384 g/mol. The Morgan fingerprint density at radius 2 is 2.06 bits per heavy atom. The van der Waals surface area contributed by atoms with Crippen LogP contribution in [-0.2, 0) is 4.79 Å². The van der Waals surface area contributed by atoms with Crippen molar-refractivity contribution in [3.05, 3.63) is 19.2 Å². The topological polar surface area (TPSA) is 63.4 Å². The van der Waals surface area contributed by atoms with Gasteiger partial charge in [0.25, 0.3) is 0 Å². The van der Waals surface area contributed by atoms with Gasteiger partial charge in [-0.3, -0.25) is 14.5 Å². The molecule has 0 atom stereocenters. The number of thiophene rings is 1. The number of halogens is 2. The van der Waals surface area contributed by atoms with E-state index in [1.54, 1.807) is 11.0 Å². The number of hydrogen-bond donors (Lipinski definition) is 1. The standard InChI is InChI=1S/C10H12Br2N2O2S/c1-2-14(5-9(13)16)4-7(15)6-3-8(11)17-10(6)12/h3H,2,4-5H2,1H3,(H2,13,16). The molecule has 0 radical (unpaired) electrons. The fourth-order valence-corrected chi connectivity index (χ4v) is 4.17. The lowest BCUT2D eigenvalue weighted by molar-refractivity contribution is -0.118. The molecule has 0 saturated carbocycles. The zero-order valence-corrected chi connectivity index (χ0v) is 13.2. The van der Waals surface area contributed by atoms with Crippen molar-refractivity contribution in [2.75, 3.05) is 19.6 Å². The van der Waals surface area contributed by atoms with Crippen LogP contribution in [0.1, 0.15) is 17.3 Å². The highest BCUT2D eigenvalue weighted by Gasteiger charge is 2.17. The highest BCUT2D eigenvalue weighted by Crippen LogP contribution is 2.32. The van der Waals surface area contributed by atoms with Crippen LogP contribution in [0.25, 0.3) is 0 Å². The summed E-state index contributed by atoms with van der Waals surface area (Å²) < 4.78 is 1.69. The summed E-state index contributed by atoms with van der Waals surface area (Å²) in [5.41, 5.74) is 5.74. The first-order chi connectivity index (χ1) is 7.93. The van der Waals surface area contributed by atoms with Gasteiger partial charge in [0.15, 0.2) is 5.78 Å². The molecule has 0 fully saturated rings. The molecule has 1 amide bonds. The van der Waals surface area contributed by atoms with Crippen LogP contribution in [0.3, 0.4) is 0 Å². The van der Waals surface area contributed by atoms with Gasteiger partial charge in [0.1, 0.15) is 0 Å². The van der Waals surface area contributed by atoms with E-state index in [4.69, 9.17) is 5.73 Å². The summed E-state index contributed by atoms with van der Waals surface area (Å²) in [6, 6.07) is 1.77. The molecule has 0 aliphatic heterocycles. The second-order valence-corrected chi connectivity index (χ2v) is 7.18. The second-order valence-electron chi connectivity index (χ2n) is 3.43. The third-order valence-corrected chi connectivity index (χ3v) is 4.49. The fraction of sp³-hybridized carbons (Fsp3) is 0.400. The highest BCUT2D eigenvalue weighted by molar-refractivity contribution is 9.12. The number of rotatable bonds is 6. The number of carbonyl (C=O) groups is 2. The Bertz CT molecular complexity index is 434. The molecule has 1 rings (SSSR count). The van der Waals surface area contributed by atoms with Crippen LogP contribution >= 0.6 is 43.2 Å². The number of nitrogens with zero attached hydrogens (tertiary/aromatic N) is 1. The molecular formula is C10H12Br2N2O2S. The average Bonchev–Trinajstić information content (AvgIpc) is 2.56. The maximum Gasteiger partial charge on any atom is 0.231 e. The number of nitrogens with two attached hydrogens (primary N) is 1. The van der Waals surface area contributed by atoms with E-state index in [1.807, 2.05) is 6.92 Å². The number of primary amides is 1. The molecule has 0 saturated heterocycles. The third-order valence-electron chi connectivity index (χ3n) is 2.15. The van der Waals surface area contributed by atoms with Crippen LogP contribution in [0.2, 0.25) is 0 Å². The van der Waals surface area contributed by atoms with Gasteiger partial charge in [-0.1, -0.05) is 6.92 Å². The van der Waals surface area contributed by atoms with Gasteiger partial charge in [0.05, 0.1) is 20.7 Å². The van der Waals surface area contributed by atoms with E-state index < -0.39 is 5.91 Å². The van der Waals surface area contributed by atoms with Gasteiger partial charge in [0.2, 0.25) is 5.91 Å². The molecule has 0 bridgehead atoms. The Balaban J connectivity index is 2.70. The molecule has 0 aliphatic rings. The van der Waals surface area contributed by atoms with E-state index >= 15 is 0 Å². The molecule has 17 heavy (non-hydrogen) atoms. The SMILES string of the molecule is CCN(CC(N)=O)CC(=O)c1cc(Br)sc1Br. The van der Waals surface area contributed by atoms with Gasteiger partial charge in [-0.2, -0.15) is 0 Å². The van der Waals surface area contributed by atoms with Gasteiger partial charge in [-0.15, -0.1) is 11.3 Å². The van der Waals surface area contributed by atoms with Crippen LogP contribution < -0.4 is 5.73 Å². The third kappa shape index (κ3) is 4.50. The second kappa shape index (κ2) is 6.63. The lowest BCUT2D eigenvalue weighted by Gasteiger charge is -2.16. The van der Waals surface area contributed by atoms with Crippen molar-refractivity contribution in [1.29, 1.82) is 0 Å². The lowest BCUT2D eigenvalue weighted by atomic mass is 10.2. The van der Waals surface area contributed by atoms with Gasteiger partial charge in [0, 0.05) is 5.56 Å². The smallest absolute Gasteiger partial charge is 0.231 e. The number of amides is 1. The zero-order valence-electron chi connectivity index (χ0n) is 9.20. The van der Waals surface area contributed by atoms with Crippen LogP contribution in [0.15, 0.2) is 13.6 Å². The first-order valence-corrected chi connectivity index (χ1v) is 7.33. The fourth-order valence-electron chi connectivity index (χ4n) is 1.32. The lowest BCUT2D eigenvalue weighted by Crippen LogP contribution is -2.37. The quantitative estimate of drug-likeness (QED) is 0.766. The monoisotopic (exact) mass is 382 g/mol. The molecule has 1 aromatic heterocycles. The predicted molar refractivity (Wildman–Crippen MR) is 75.4 cm³/mol. The molecule has 1 heterocycles. The van der Waals surface area contributed by atoms with Crippen molar-refractivity contribution >= 4 is 54.9 Å². The summed E-state index contributed by atoms with van der Waals surface area (Å²) >= 11 is 8.11. The minimum Gasteiger partial charge on any atom is -0.369 e. The Hall–Kier alpha value is -0.240. The Morgan fingerprint density at radius 1 is 1.41 bits per heavy atom. The molecule has 4 nitrogen and oxygen atoms in total. The molecular weight excluding hydrogens is 372 g/mol. The van der Waals surface area contributed by atoms with E-state index in [9.17, 15) is 9.59 Å².